The van der Waals surface area contributed by atoms with Gasteiger partial charge < -0.3 is 5.11 Å². The Balaban J connectivity index is 3.26. The molecule has 2 nitrogen and oxygen atoms in total. The maximum atomic E-state index is 12.4. The van der Waals surface area contributed by atoms with Crippen LogP contribution in [0.4, 0.5) is 13.2 Å². The van der Waals surface area contributed by atoms with Gasteiger partial charge in [0.2, 0.25) is 0 Å². The standard InChI is InChI=1S/C10H7F3O2/c11-10(12,13)9-6-8(15)4-3-7(9)2-1-5-14/h1-6,15H. The summed E-state index contributed by atoms with van der Waals surface area (Å²) in [6.45, 7) is 0. The lowest BCUT2D eigenvalue weighted by atomic mass is 10.1. The second-order valence-electron chi connectivity index (χ2n) is 2.76. The van der Waals surface area contributed by atoms with Crippen LogP contribution in [0.5, 0.6) is 5.75 Å². The lowest BCUT2D eigenvalue weighted by Gasteiger charge is -2.10. The number of hydrogen-bond acceptors (Lipinski definition) is 2. The number of aromatic hydroxyl groups is 1. The number of halogens is 3. The van der Waals surface area contributed by atoms with Crippen LogP contribution in [-0.4, -0.2) is 11.4 Å². The smallest absolute Gasteiger partial charge is 0.417 e. The van der Waals surface area contributed by atoms with E-state index in [0.717, 1.165) is 24.3 Å². The molecular formula is C10H7F3O2. The zero-order valence-electron chi connectivity index (χ0n) is 7.45. The highest BCUT2D eigenvalue weighted by Gasteiger charge is 2.33. The second-order valence-corrected chi connectivity index (χ2v) is 2.76. The number of carbonyl (C=O) groups excluding carboxylic acids is 1. The van der Waals surface area contributed by atoms with E-state index >= 15 is 0 Å². The second kappa shape index (κ2) is 4.16. The lowest BCUT2D eigenvalue weighted by Crippen LogP contribution is -2.06. The molecule has 0 spiro atoms. The molecule has 0 heterocycles. The van der Waals surface area contributed by atoms with Crippen molar-refractivity contribution in [1.29, 1.82) is 0 Å². The van der Waals surface area contributed by atoms with Crippen LogP contribution in [0.3, 0.4) is 0 Å². The molecular weight excluding hydrogens is 209 g/mol. The van der Waals surface area contributed by atoms with Crippen LogP contribution in [0.2, 0.25) is 0 Å². The Morgan fingerprint density at radius 1 is 1.27 bits per heavy atom. The van der Waals surface area contributed by atoms with Gasteiger partial charge in [-0.3, -0.25) is 4.79 Å². The summed E-state index contributed by atoms with van der Waals surface area (Å²) in [4.78, 5) is 9.99. The maximum absolute atomic E-state index is 12.4. The zero-order chi connectivity index (χ0) is 11.5. The number of allylic oxidation sites excluding steroid dienone is 1. The van der Waals surface area contributed by atoms with Gasteiger partial charge in [-0.2, -0.15) is 13.2 Å². The first kappa shape index (κ1) is 11.3. The fraction of sp³-hybridized carbons (Fsp3) is 0.100. The van der Waals surface area contributed by atoms with Crippen molar-refractivity contribution in [3.05, 3.63) is 35.4 Å². The lowest BCUT2D eigenvalue weighted by molar-refractivity contribution is -0.137. The minimum absolute atomic E-state index is 0.160. The highest BCUT2D eigenvalue weighted by Crippen LogP contribution is 2.34. The van der Waals surface area contributed by atoms with Crippen molar-refractivity contribution in [2.24, 2.45) is 0 Å². The molecule has 0 aromatic heterocycles. The zero-order valence-corrected chi connectivity index (χ0v) is 7.45. The average Bonchev–Trinajstić information content (AvgIpc) is 2.14. The largest absolute Gasteiger partial charge is 0.508 e. The number of alkyl halides is 3. The van der Waals surface area contributed by atoms with Crippen LogP contribution in [0.25, 0.3) is 6.08 Å². The Morgan fingerprint density at radius 2 is 1.93 bits per heavy atom. The summed E-state index contributed by atoms with van der Waals surface area (Å²) in [5.74, 6) is -0.467. The van der Waals surface area contributed by atoms with Crippen LogP contribution < -0.4 is 0 Å². The summed E-state index contributed by atoms with van der Waals surface area (Å²) < 4.78 is 37.3. The highest BCUT2D eigenvalue weighted by atomic mass is 19.4. The molecule has 0 radical (unpaired) electrons. The van der Waals surface area contributed by atoms with E-state index in [2.05, 4.69) is 0 Å². The van der Waals surface area contributed by atoms with Crippen molar-refractivity contribution >= 4 is 12.4 Å². The Kier molecular flexibility index (Phi) is 3.14. The van der Waals surface area contributed by atoms with Crippen molar-refractivity contribution < 1.29 is 23.1 Å². The predicted octanol–water partition coefficient (Wildman–Crippen LogP) is 2.62. The predicted molar refractivity (Wildman–Crippen MR) is 48.2 cm³/mol. The number of aldehydes is 1. The molecule has 15 heavy (non-hydrogen) atoms. The number of phenols is 1. The molecule has 0 aliphatic rings. The molecule has 0 fully saturated rings. The summed E-state index contributed by atoms with van der Waals surface area (Å²) in [5, 5.41) is 8.93. The molecule has 0 unspecified atom stereocenters. The summed E-state index contributed by atoms with van der Waals surface area (Å²) in [7, 11) is 0. The Labute approximate surface area is 83.7 Å². The summed E-state index contributed by atoms with van der Waals surface area (Å²) >= 11 is 0. The molecule has 1 aromatic rings. The Bertz CT molecular complexity index is 394. The Hall–Kier alpha value is -1.78. The van der Waals surface area contributed by atoms with Gasteiger partial charge in [0.15, 0.2) is 0 Å². The molecule has 1 rings (SSSR count). The first-order valence-corrected chi connectivity index (χ1v) is 3.97. The van der Waals surface area contributed by atoms with Gasteiger partial charge in [0.25, 0.3) is 0 Å². The van der Waals surface area contributed by atoms with E-state index in [4.69, 9.17) is 5.11 Å². The van der Waals surface area contributed by atoms with Crippen molar-refractivity contribution in [2.75, 3.05) is 0 Å². The molecule has 0 saturated carbocycles. The number of hydrogen-bond donors (Lipinski definition) is 1. The van der Waals surface area contributed by atoms with E-state index in [-0.39, 0.29) is 5.56 Å². The summed E-state index contributed by atoms with van der Waals surface area (Å²) in [6.07, 6.45) is -2.18. The molecule has 0 aliphatic carbocycles. The van der Waals surface area contributed by atoms with Crippen molar-refractivity contribution in [3.63, 3.8) is 0 Å². The minimum atomic E-state index is -4.55. The van der Waals surface area contributed by atoms with Gasteiger partial charge in [-0.25, -0.2) is 0 Å². The van der Waals surface area contributed by atoms with E-state index in [1.165, 1.54) is 0 Å². The molecule has 1 N–H and O–H groups in total. The minimum Gasteiger partial charge on any atom is -0.508 e. The van der Waals surface area contributed by atoms with E-state index < -0.39 is 17.5 Å². The van der Waals surface area contributed by atoms with Crippen LogP contribution in [-0.2, 0) is 11.0 Å². The van der Waals surface area contributed by atoms with Gasteiger partial charge in [0, 0.05) is 0 Å². The van der Waals surface area contributed by atoms with Gasteiger partial charge in [-0.1, -0.05) is 12.1 Å². The first-order chi connectivity index (χ1) is 6.95. The fourth-order valence-corrected chi connectivity index (χ4v) is 1.08. The third-order valence-electron chi connectivity index (χ3n) is 1.70. The summed E-state index contributed by atoms with van der Waals surface area (Å²) in [5.41, 5.74) is -1.13. The van der Waals surface area contributed by atoms with Crippen LogP contribution in [0.15, 0.2) is 24.3 Å². The van der Waals surface area contributed by atoms with Crippen LogP contribution in [0.1, 0.15) is 11.1 Å². The molecule has 0 atom stereocenters. The number of phenolic OH excluding ortho intramolecular Hbond substituents is 1. The highest BCUT2D eigenvalue weighted by molar-refractivity contribution is 5.74. The number of carbonyl (C=O) groups is 1. The SMILES string of the molecule is O=CC=Cc1ccc(O)cc1C(F)(F)F. The molecule has 80 valence electrons. The van der Waals surface area contributed by atoms with E-state index in [0.29, 0.717) is 12.4 Å². The van der Waals surface area contributed by atoms with Crippen LogP contribution >= 0.6 is 0 Å². The van der Waals surface area contributed by atoms with Crippen molar-refractivity contribution in [2.45, 2.75) is 6.18 Å². The average molecular weight is 216 g/mol. The maximum Gasteiger partial charge on any atom is 0.417 e. The van der Waals surface area contributed by atoms with Gasteiger partial charge in [0.1, 0.15) is 12.0 Å². The van der Waals surface area contributed by atoms with Gasteiger partial charge in [0.05, 0.1) is 5.56 Å². The van der Waals surface area contributed by atoms with Crippen molar-refractivity contribution in [1.82, 2.24) is 0 Å². The molecule has 1 aromatic carbocycles. The van der Waals surface area contributed by atoms with Gasteiger partial charge >= 0.3 is 6.18 Å². The molecule has 0 amide bonds. The van der Waals surface area contributed by atoms with Gasteiger partial charge in [-0.15, -0.1) is 0 Å². The third kappa shape index (κ3) is 2.83. The van der Waals surface area contributed by atoms with Crippen LogP contribution in [0, 0.1) is 0 Å². The monoisotopic (exact) mass is 216 g/mol. The Morgan fingerprint density at radius 3 is 2.47 bits per heavy atom. The molecule has 0 aliphatic heterocycles. The number of rotatable bonds is 2. The molecule has 5 heteroatoms. The number of benzene rings is 1. The topological polar surface area (TPSA) is 37.3 Å². The molecule has 0 bridgehead atoms. The quantitative estimate of drug-likeness (QED) is 0.609. The van der Waals surface area contributed by atoms with Gasteiger partial charge in [-0.05, 0) is 23.8 Å². The van der Waals surface area contributed by atoms with E-state index in [1.54, 1.807) is 0 Å². The fourth-order valence-electron chi connectivity index (χ4n) is 1.08. The molecule has 0 saturated heterocycles. The third-order valence-corrected chi connectivity index (χ3v) is 1.70. The van der Waals surface area contributed by atoms with E-state index in [9.17, 15) is 18.0 Å². The first-order valence-electron chi connectivity index (χ1n) is 3.97. The van der Waals surface area contributed by atoms with E-state index in [1.807, 2.05) is 0 Å². The summed E-state index contributed by atoms with van der Waals surface area (Å²) in [6, 6.07) is 2.84. The normalized spacial score (nSPS) is 11.9. The van der Waals surface area contributed by atoms with Crippen molar-refractivity contribution in [3.8, 4) is 5.75 Å².